The minimum atomic E-state index is -0.0314. The van der Waals surface area contributed by atoms with Crippen molar-refractivity contribution in [2.45, 2.75) is 12.5 Å². The largest absolute Gasteiger partial charge is 0.493 e. The van der Waals surface area contributed by atoms with Crippen LogP contribution >= 0.6 is 0 Å². The van der Waals surface area contributed by atoms with Gasteiger partial charge in [0.2, 0.25) is 5.75 Å². The molecular weight excluding hydrogens is 268 g/mol. The zero-order valence-electron chi connectivity index (χ0n) is 12.4. The molecule has 0 bridgehead atoms. The number of rotatable bonds is 4. The quantitative estimate of drug-likeness (QED) is 0.863. The Morgan fingerprint density at radius 1 is 0.952 bits per heavy atom. The van der Waals surface area contributed by atoms with Crippen molar-refractivity contribution in [1.82, 2.24) is 0 Å². The van der Waals surface area contributed by atoms with E-state index in [0.29, 0.717) is 17.2 Å². The Labute approximate surface area is 124 Å². The summed E-state index contributed by atoms with van der Waals surface area (Å²) in [6.07, 6.45) is 0.811. The molecule has 21 heavy (non-hydrogen) atoms. The lowest BCUT2D eigenvalue weighted by atomic mass is 10.0. The highest BCUT2D eigenvalue weighted by Gasteiger charge is 2.26. The van der Waals surface area contributed by atoms with Gasteiger partial charge in [0, 0.05) is 12.0 Å². The number of benzene rings is 2. The first-order chi connectivity index (χ1) is 10.3. The highest BCUT2D eigenvalue weighted by atomic mass is 16.5. The monoisotopic (exact) mass is 286 g/mol. The molecule has 4 heteroatoms. The second kappa shape index (κ2) is 5.56. The minimum Gasteiger partial charge on any atom is -0.493 e. The molecule has 1 unspecified atom stereocenters. The molecule has 2 aromatic carbocycles. The Hall–Kier alpha value is -2.36. The maximum Gasteiger partial charge on any atom is 0.203 e. The van der Waals surface area contributed by atoms with Crippen molar-refractivity contribution in [2.24, 2.45) is 0 Å². The number of fused-ring (bicyclic) bond motifs is 1. The molecule has 1 aliphatic rings. The van der Waals surface area contributed by atoms with E-state index in [-0.39, 0.29) is 6.10 Å². The first-order valence-electron chi connectivity index (χ1n) is 6.81. The van der Waals surface area contributed by atoms with E-state index in [4.69, 9.17) is 18.9 Å². The Kier molecular flexibility index (Phi) is 3.60. The van der Waals surface area contributed by atoms with Crippen molar-refractivity contribution >= 4 is 0 Å². The van der Waals surface area contributed by atoms with Gasteiger partial charge in [0.05, 0.1) is 21.3 Å². The van der Waals surface area contributed by atoms with Gasteiger partial charge in [0.25, 0.3) is 0 Å². The van der Waals surface area contributed by atoms with E-state index >= 15 is 0 Å². The lowest BCUT2D eigenvalue weighted by Crippen LogP contribution is -2.05. The molecule has 0 N–H and O–H groups in total. The summed E-state index contributed by atoms with van der Waals surface area (Å²) in [5.74, 6) is 2.83. The van der Waals surface area contributed by atoms with E-state index in [0.717, 1.165) is 17.7 Å². The average Bonchev–Trinajstić information content (AvgIpc) is 2.97. The van der Waals surface area contributed by atoms with E-state index in [1.54, 1.807) is 21.3 Å². The van der Waals surface area contributed by atoms with Crippen LogP contribution < -0.4 is 18.9 Å². The highest BCUT2D eigenvalue weighted by Crippen LogP contribution is 2.43. The van der Waals surface area contributed by atoms with E-state index in [1.807, 2.05) is 30.3 Å². The van der Waals surface area contributed by atoms with Gasteiger partial charge < -0.3 is 18.9 Å². The van der Waals surface area contributed by atoms with Gasteiger partial charge in [-0.3, -0.25) is 0 Å². The molecule has 3 rings (SSSR count). The summed E-state index contributed by atoms with van der Waals surface area (Å²) in [7, 11) is 4.83. The maximum absolute atomic E-state index is 6.01. The van der Waals surface area contributed by atoms with Crippen molar-refractivity contribution in [3.8, 4) is 23.0 Å². The smallest absolute Gasteiger partial charge is 0.203 e. The number of hydrogen-bond acceptors (Lipinski definition) is 4. The number of hydrogen-bond donors (Lipinski definition) is 0. The lowest BCUT2D eigenvalue weighted by molar-refractivity contribution is 0.236. The standard InChI is InChI=1S/C17H18O4/c1-18-15-9-12(10-16(19-2)17(15)20-3)14-8-11-6-4-5-7-13(11)21-14/h4-7,9-10,14H,8H2,1-3H3. The molecule has 0 aliphatic carbocycles. The van der Waals surface area contributed by atoms with Gasteiger partial charge in [-0.1, -0.05) is 18.2 Å². The van der Waals surface area contributed by atoms with Gasteiger partial charge in [-0.05, 0) is 23.8 Å². The topological polar surface area (TPSA) is 36.9 Å². The minimum absolute atomic E-state index is 0.0314. The third kappa shape index (κ3) is 2.37. The van der Waals surface area contributed by atoms with Crippen LogP contribution in [0.15, 0.2) is 36.4 Å². The average molecular weight is 286 g/mol. The summed E-state index contributed by atoms with van der Waals surface area (Å²) in [4.78, 5) is 0. The van der Waals surface area contributed by atoms with Gasteiger partial charge in [-0.15, -0.1) is 0 Å². The van der Waals surface area contributed by atoms with Crippen LogP contribution in [0.1, 0.15) is 17.2 Å². The number of ether oxygens (including phenoxy) is 4. The van der Waals surface area contributed by atoms with Crippen molar-refractivity contribution in [3.63, 3.8) is 0 Å². The van der Waals surface area contributed by atoms with Crippen LogP contribution in [0.5, 0.6) is 23.0 Å². The van der Waals surface area contributed by atoms with E-state index < -0.39 is 0 Å². The summed E-state index contributed by atoms with van der Waals surface area (Å²) in [6.45, 7) is 0. The molecule has 1 aliphatic heterocycles. The Morgan fingerprint density at radius 3 is 2.19 bits per heavy atom. The first kappa shape index (κ1) is 13.6. The second-order valence-corrected chi connectivity index (χ2v) is 4.88. The van der Waals surface area contributed by atoms with Gasteiger partial charge >= 0.3 is 0 Å². The summed E-state index contributed by atoms with van der Waals surface area (Å²) in [6, 6.07) is 12.0. The fourth-order valence-electron chi connectivity index (χ4n) is 2.66. The van der Waals surface area contributed by atoms with Crippen LogP contribution in [-0.4, -0.2) is 21.3 Å². The van der Waals surface area contributed by atoms with Gasteiger partial charge in [-0.2, -0.15) is 0 Å². The predicted molar refractivity (Wildman–Crippen MR) is 79.6 cm³/mol. The third-order valence-electron chi connectivity index (χ3n) is 3.71. The summed E-state index contributed by atoms with van der Waals surface area (Å²) < 4.78 is 22.2. The zero-order valence-corrected chi connectivity index (χ0v) is 12.4. The Bertz CT molecular complexity index is 601. The van der Waals surface area contributed by atoms with Crippen LogP contribution in [-0.2, 0) is 6.42 Å². The second-order valence-electron chi connectivity index (χ2n) is 4.88. The Balaban J connectivity index is 1.97. The van der Waals surface area contributed by atoms with Crippen molar-refractivity contribution in [2.75, 3.05) is 21.3 Å². The van der Waals surface area contributed by atoms with Crippen LogP contribution in [0, 0.1) is 0 Å². The van der Waals surface area contributed by atoms with Crippen LogP contribution in [0.4, 0.5) is 0 Å². The van der Waals surface area contributed by atoms with Gasteiger partial charge in [0.1, 0.15) is 11.9 Å². The molecule has 1 atom stereocenters. The molecule has 0 amide bonds. The normalized spacial score (nSPS) is 16.0. The summed E-state index contributed by atoms with van der Waals surface area (Å²) >= 11 is 0. The van der Waals surface area contributed by atoms with Crippen molar-refractivity contribution in [1.29, 1.82) is 0 Å². The molecule has 4 nitrogen and oxygen atoms in total. The van der Waals surface area contributed by atoms with Crippen LogP contribution in [0.3, 0.4) is 0 Å². The number of para-hydroxylation sites is 1. The van der Waals surface area contributed by atoms with Gasteiger partial charge in [-0.25, -0.2) is 0 Å². The zero-order chi connectivity index (χ0) is 14.8. The van der Waals surface area contributed by atoms with E-state index in [2.05, 4.69) is 6.07 Å². The molecule has 0 aromatic heterocycles. The highest BCUT2D eigenvalue weighted by molar-refractivity contribution is 5.55. The molecule has 2 aromatic rings. The molecule has 0 saturated heterocycles. The van der Waals surface area contributed by atoms with Crippen LogP contribution in [0.2, 0.25) is 0 Å². The molecule has 0 spiro atoms. The van der Waals surface area contributed by atoms with E-state index in [1.165, 1.54) is 5.56 Å². The maximum atomic E-state index is 6.01. The molecule has 0 radical (unpaired) electrons. The molecular formula is C17H18O4. The SMILES string of the molecule is COc1cc(C2Cc3ccccc3O2)cc(OC)c1OC. The molecule has 1 heterocycles. The van der Waals surface area contributed by atoms with Gasteiger partial charge in [0.15, 0.2) is 11.5 Å². The van der Waals surface area contributed by atoms with Crippen LogP contribution in [0.25, 0.3) is 0 Å². The molecule has 110 valence electrons. The molecule has 0 fully saturated rings. The first-order valence-corrected chi connectivity index (χ1v) is 6.81. The predicted octanol–water partition coefficient (Wildman–Crippen LogP) is 3.39. The fourth-order valence-corrected chi connectivity index (χ4v) is 2.66. The van der Waals surface area contributed by atoms with Crippen molar-refractivity contribution < 1.29 is 18.9 Å². The fraction of sp³-hybridized carbons (Fsp3) is 0.294. The Morgan fingerprint density at radius 2 is 1.62 bits per heavy atom. The summed E-state index contributed by atoms with van der Waals surface area (Å²) in [5.41, 5.74) is 2.23. The third-order valence-corrected chi connectivity index (χ3v) is 3.71. The van der Waals surface area contributed by atoms with Crippen molar-refractivity contribution in [3.05, 3.63) is 47.5 Å². The molecule has 0 saturated carbocycles. The lowest BCUT2D eigenvalue weighted by Gasteiger charge is -2.17. The summed E-state index contributed by atoms with van der Waals surface area (Å²) in [5, 5.41) is 0. The van der Waals surface area contributed by atoms with E-state index in [9.17, 15) is 0 Å². The number of methoxy groups -OCH3 is 3.